The molecule has 0 saturated heterocycles. The van der Waals surface area contributed by atoms with Crippen molar-refractivity contribution in [2.45, 2.75) is 13.8 Å². The van der Waals surface area contributed by atoms with E-state index in [2.05, 4.69) is 15.6 Å². The van der Waals surface area contributed by atoms with E-state index in [1.807, 2.05) is 6.92 Å². The van der Waals surface area contributed by atoms with Crippen LogP contribution in [0.25, 0.3) is 0 Å². The molecule has 0 aliphatic heterocycles. The predicted octanol–water partition coefficient (Wildman–Crippen LogP) is 3.25. The highest BCUT2D eigenvalue weighted by molar-refractivity contribution is 6.30. The summed E-state index contributed by atoms with van der Waals surface area (Å²) in [5, 5.41) is 5.93. The number of amides is 2. The molecule has 1 aromatic carbocycles. The number of nitrogens with one attached hydrogen (secondary N) is 2. The zero-order chi connectivity index (χ0) is 15.4. The van der Waals surface area contributed by atoms with E-state index in [-0.39, 0.29) is 11.8 Å². The number of nitrogens with zero attached hydrogens (tertiary/aromatic N) is 1. The molecule has 0 fully saturated rings. The number of carbonyl (C=O) groups is 2. The van der Waals surface area contributed by atoms with Gasteiger partial charge in [-0.3, -0.25) is 9.59 Å². The zero-order valence-electron chi connectivity index (χ0n) is 11.6. The third-order valence-corrected chi connectivity index (χ3v) is 3.02. The summed E-state index contributed by atoms with van der Waals surface area (Å²) in [6.07, 6.45) is 1.51. The smallest absolute Gasteiger partial charge is 0.256 e. The third kappa shape index (κ3) is 4.03. The summed E-state index contributed by atoms with van der Waals surface area (Å²) < 4.78 is 0. The maximum Gasteiger partial charge on any atom is 0.256 e. The van der Waals surface area contributed by atoms with E-state index in [0.29, 0.717) is 22.1 Å². The van der Waals surface area contributed by atoms with Crippen LogP contribution >= 0.6 is 11.6 Å². The van der Waals surface area contributed by atoms with Crippen molar-refractivity contribution in [1.82, 2.24) is 4.98 Å². The molecule has 1 heterocycles. The van der Waals surface area contributed by atoms with Crippen LogP contribution in [0.15, 0.2) is 36.5 Å². The average Bonchev–Trinajstić information content (AvgIpc) is 2.42. The first-order valence-corrected chi connectivity index (χ1v) is 6.64. The van der Waals surface area contributed by atoms with Gasteiger partial charge in [0.1, 0.15) is 5.82 Å². The maximum atomic E-state index is 12.0. The Morgan fingerprint density at radius 2 is 1.81 bits per heavy atom. The van der Waals surface area contributed by atoms with Crippen LogP contribution < -0.4 is 10.6 Å². The molecule has 0 saturated carbocycles. The lowest BCUT2D eigenvalue weighted by molar-refractivity contribution is -0.114. The van der Waals surface area contributed by atoms with Gasteiger partial charge in [-0.2, -0.15) is 0 Å². The normalized spacial score (nSPS) is 10.0. The van der Waals surface area contributed by atoms with E-state index in [0.717, 1.165) is 5.56 Å². The second-order valence-corrected chi connectivity index (χ2v) is 4.96. The number of halogens is 1. The molecule has 0 spiro atoms. The van der Waals surface area contributed by atoms with Gasteiger partial charge in [-0.15, -0.1) is 0 Å². The molecule has 2 rings (SSSR count). The molecule has 5 nitrogen and oxygen atoms in total. The highest BCUT2D eigenvalue weighted by Crippen LogP contribution is 2.17. The highest BCUT2D eigenvalue weighted by Gasteiger charge is 2.08. The van der Waals surface area contributed by atoms with E-state index < -0.39 is 0 Å². The van der Waals surface area contributed by atoms with Crippen LogP contribution in [0.3, 0.4) is 0 Å². The van der Waals surface area contributed by atoms with Crippen molar-refractivity contribution in [2.75, 3.05) is 10.6 Å². The van der Waals surface area contributed by atoms with Crippen LogP contribution in [-0.2, 0) is 4.79 Å². The number of pyridine rings is 1. The fourth-order valence-electron chi connectivity index (χ4n) is 1.73. The van der Waals surface area contributed by atoms with Crippen LogP contribution in [0, 0.1) is 6.92 Å². The van der Waals surface area contributed by atoms with Gasteiger partial charge < -0.3 is 10.6 Å². The van der Waals surface area contributed by atoms with Gasteiger partial charge in [-0.25, -0.2) is 4.98 Å². The second kappa shape index (κ2) is 6.37. The van der Waals surface area contributed by atoms with E-state index in [9.17, 15) is 9.59 Å². The quantitative estimate of drug-likeness (QED) is 0.914. The Morgan fingerprint density at radius 1 is 1.14 bits per heavy atom. The van der Waals surface area contributed by atoms with Gasteiger partial charge in [0.05, 0.1) is 11.9 Å². The van der Waals surface area contributed by atoms with Crippen molar-refractivity contribution in [3.8, 4) is 0 Å². The van der Waals surface area contributed by atoms with Crippen LogP contribution in [0.4, 0.5) is 11.5 Å². The van der Waals surface area contributed by atoms with E-state index in [1.165, 1.54) is 13.1 Å². The summed E-state index contributed by atoms with van der Waals surface area (Å²) in [7, 11) is 0. The first kappa shape index (κ1) is 15.0. The molecule has 2 amide bonds. The fraction of sp³-hybridized carbons (Fsp3) is 0.133. The molecule has 0 aliphatic rings. The Kier molecular flexibility index (Phi) is 4.55. The van der Waals surface area contributed by atoms with Crippen molar-refractivity contribution in [2.24, 2.45) is 0 Å². The molecule has 2 aromatic rings. The van der Waals surface area contributed by atoms with E-state index >= 15 is 0 Å². The fourth-order valence-corrected chi connectivity index (χ4v) is 1.86. The van der Waals surface area contributed by atoms with Crippen LogP contribution in [0.5, 0.6) is 0 Å². The Hall–Kier alpha value is -2.40. The molecule has 0 atom stereocenters. The van der Waals surface area contributed by atoms with Gasteiger partial charge in [0.15, 0.2) is 0 Å². The summed E-state index contributed by atoms with van der Waals surface area (Å²) >= 11 is 5.78. The molecule has 0 radical (unpaired) electrons. The van der Waals surface area contributed by atoms with E-state index in [4.69, 9.17) is 11.6 Å². The predicted molar refractivity (Wildman–Crippen MR) is 82.7 cm³/mol. The van der Waals surface area contributed by atoms with Crippen LogP contribution in [0.1, 0.15) is 22.8 Å². The lowest BCUT2D eigenvalue weighted by Gasteiger charge is -2.09. The number of hydrogen-bond donors (Lipinski definition) is 2. The number of benzene rings is 1. The number of rotatable bonds is 3. The Balaban J connectivity index is 2.12. The largest absolute Gasteiger partial charge is 0.325 e. The van der Waals surface area contributed by atoms with Gasteiger partial charge >= 0.3 is 0 Å². The third-order valence-electron chi connectivity index (χ3n) is 2.77. The zero-order valence-corrected chi connectivity index (χ0v) is 12.4. The standard InChI is InChI=1S/C15H14ClN3O2/c1-9-7-14(17-8-13(9)18-10(2)20)19-15(21)11-3-5-12(16)6-4-11/h3-8H,1-2H3,(H,18,20)(H,17,19,21). The molecule has 0 unspecified atom stereocenters. The lowest BCUT2D eigenvalue weighted by atomic mass is 10.2. The number of hydrogen-bond acceptors (Lipinski definition) is 3. The SMILES string of the molecule is CC(=O)Nc1cnc(NC(=O)c2ccc(Cl)cc2)cc1C. The minimum absolute atomic E-state index is 0.169. The first-order chi connectivity index (χ1) is 9.95. The van der Waals surface area contributed by atoms with Crippen molar-refractivity contribution in [3.63, 3.8) is 0 Å². The average molecular weight is 304 g/mol. The van der Waals surface area contributed by atoms with Gasteiger partial charge in [-0.05, 0) is 42.8 Å². The summed E-state index contributed by atoms with van der Waals surface area (Å²) in [6, 6.07) is 8.26. The lowest BCUT2D eigenvalue weighted by Crippen LogP contribution is -2.14. The van der Waals surface area contributed by atoms with Crippen molar-refractivity contribution in [3.05, 3.63) is 52.7 Å². The van der Waals surface area contributed by atoms with Gasteiger partial charge in [0.25, 0.3) is 5.91 Å². The number of carbonyl (C=O) groups excluding carboxylic acids is 2. The van der Waals surface area contributed by atoms with Gasteiger partial charge in [0.2, 0.25) is 5.91 Å². The number of aryl methyl sites for hydroxylation is 1. The van der Waals surface area contributed by atoms with Crippen LogP contribution in [0.2, 0.25) is 5.02 Å². The Labute approximate surface area is 127 Å². The molecule has 0 aliphatic carbocycles. The minimum Gasteiger partial charge on any atom is -0.325 e. The first-order valence-electron chi connectivity index (χ1n) is 6.27. The highest BCUT2D eigenvalue weighted by atomic mass is 35.5. The van der Waals surface area contributed by atoms with Crippen molar-refractivity contribution < 1.29 is 9.59 Å². The van der Waals surface area contributed by atoms with Gasteiger partial charge in [-0.1, -0.05) is 11.6 Å². The number of aromatic nitrogens is 1. The van der Waals surface area contributed by atoms with Crippen LogP contribution in [-0.4, -0.2) is 16.8 Å². The Bertz CT molecular complexity index is 684. The maximum absolute atomic E-state index is 12.0. The van der Waals surface area contributed by atoms with Crippen molar-refractivity contribution in [1.29, 1.82) is 0 Å². The molecular weight excluding hydrogens is 290 g/mol. The topological polar surface area (TPSA) is 71.1 Å². The summed E-state index contributed by atoms with van der Waals surface area (Å²) in [4.78, 5) is 27.2. The monoisotopic (exact) mass is 303 g/mol. The molecule has 2 N–H and O–H groups in total. The molecule has 0 bridgehead atoms. The second-order valence-electron chi connectivity index (χ2n) is 4.53. The summed E-state index contributed by atoms with van der Waals surface area (Å²) in [5.41, 5.74) is 1.92. The molecule has 6 heteroatoms. The minimum atomic E-state index is -0.272. The number of anilines is 2. The van der Waals surface area contributed by atoms with Crippen molar-refractivity contribution >= 4 is 34.9 Å². The summed E-state index contributed by atoms with van der Waals surface area (Å²) in [6.45, 7) is 3.25. The molecule has 1 aromatic heterocycles. The molecule has 108 valence electrons. The molecular formula is C15H14ClN3O2. The summed E-state index contributed by atoms with van der Waals surface area (Å²) in [5.74, 6) is -0.0229. The van der Waals surface area contributed by atoms with E-state index in [1.54, 1.807) is 30.3 Å². The Morgan fingerprint density at radius 3 is 2.38 bits per heavy atom. The molecule has 21 heavy (non-hydrogen) atoms. The van der Waals surface area contributed by atoms with Gasteiger partial charge in [0, 0.05) is 17.5 Å².